The van der Waals surface area contributed by atoms with Gasteiger partial charge in [-0.1, -0.05) is 0 Å². The molecule has 0 bridgehead atoms. The summed E-state index contributed by atoms with van der Waals surface area (Å²) in [5.74, 6) is 1.03. The van der Waals surface area contributed by atoms with Crippen LogP contribution in [0.4, 0.5) is 5.82 Å². The first kappa shape index (κ1) is 16.3. The average molecular weight is 367 g/mol. The zero-order valence-corrected chi connectivity index (χ0v) is 15.4. The SMILES string of the molecule is CC1(C)OB(c2cnc(N3CCCCC3)c(Br)c2)OC1(C)C. The summed E-state index contributed by atoms with van der Waals surface area (Å²) < 4.78 is 13.2. The van der Waals surface area contributed by atoms with Crippen LogP contribution in [0.2, 0.25) is 0 Å². The van der Waals surface area contributed by atoms with Gasteiger partial charge in [0.15, 0.2) is 0 Å². The maximum atomic E-state index is 6.09. The van der Waals surface area contributed by atoms with Gasteiger partial charge in [0.25, 0.3) is 0 Å². The molecule has 3 heterocycles. The van der Waals surface area contributed by atoms with Crippen LogP contribution in [0.3, 0.4) is 0 Å². The molecule has 0 unspecified atom stereocenters. The summed E-state index contributed by atoms with van der Waals surface area (Å²) in [4.78, 5) is 7.01. The van der Waals surface area contributed by atoms with Crippen LogP contribution in [0.5, 0.6) is 0 Å². The van der Waals surface area contributed by atoms with E-state index in [1.807, 2.05) is 6.20 Å². The molecular formula is C16H24BBrN2O2. The molecule has 0 saturated carbocycles. The Balaban J connectivity index is 1.81. The third-order valence-electron chi connectivity index (χ3n) is 5.02. The average Bonchev–Trinajstić information content (AvgIpc) is 2.68. The topological polar surface area (TPSA) is 34.6 Å². The van der Waals surface area contributed by atoms with E-state index in [0.717, 1.165) is 28.8 Å². The van der Waals surface area contributed by atoms with Gasteiger partial charge in [0.05, 0.1) is 15.7 Å². The Morgan fingerprint density at radius 1 is 1.09 bits per heavy atom. The summed E-state index contributed by atoms with van der Waals surface area (Å²) in [7, 11) is -0.357. The summed E-state index contributed by atoms with van der Waals surface area (Å²) in [5.41, 5.74) is 0.317. The maximum Gasteiger partial charge on any atom is 0.496 e. The van der Waals surface area contributed by atoms with Gasteiger partial charge in [0.1, 0.15) is 5.82 Å². The van der Waals surface area contributed by atoms with E-state index < -0.39 is 0 Å². The third-order valence-corrected chi connectivity index (χ3v) is 5.61. The number of halogens is 1. The smallest absolute Gasteiger partial charge is 0.399 e. The minimum atomic E-state index is -0.357. The lowest BCUT2D eigenvalue weighted by molar-refractivity contribution is 0.00578. The van der Waals surface area contributed by atoms with Crippen LogP contribution in [0, 0.1) is 0 Å². The molecule has 0 N–H and O–H groups in total. The number of anilines is 1. The molecule has 1 aromatic rings. The molecule has 120 valence electrons. The summed E-state index contributed by atoms with van der Waals surface area (Å²) in [6.07, 6.45) is 5.69. The van der Waals surface area contributed by atoms with Crippen LogP contribution >= 0.6 is 15.9 Å². The van der Waals surface area contributed by atoms with Crippen molar-refractivity contribution in [3.63, 3.8) is 0 Å². The minimum absolute atomic E-state index is 0.324. The fourth-order valence-electron chi connectivity index (χ4n) is 2.89. The fourth-order valence-corrected chi connectivity index (χ4v) is 3.51. The second kappa shape index (κ2) is 5.80. The van der Waals surface area contributed by atoms with Crippen LogP contribution in [0.1, 0.15) is 47.0 Å². The summed E-state index contributed by atoms with van der Waals surface area (Å²) >= 11 is 3.67. The first-order chi connectivity index (χ1) is 10.3. The molecule has 6 heteroatoms. The Bertz CT molecular complexity index is 543. The molecule has 0 amide bonds. The molecule has 22 heavy (non-hydrogen) atoms. The van der Waals surface area contributed by atoms with Gasteiger partial charge in [-0.3, -0.25) is 0 Å². The number of hydrogen-bond donors (Lipinski definition) is 0. The van der Waals surface area contributed by atoms with Crippen LogP contribution in [0.15, 0.2) is 16.7 Å². The summed E-state index contributed by atoms with van der Waals surface area (Å²) in [6, 6.07) is 2.08. The van der Waals surface area contributed by atoms with Crippen molar-refractivity contribution in [1.82, 2.24) is 4.98 Å². The van der Waals surface area contributed by atoms with Crippen molar-refractivity contribution >= 4 is 34.3 Å². The van der Waals surface area contributed by atoms with Gasteiger partial charge in [0, 0.05) is 24.7 Å². The van der Waals surface area contributed by atoms with Gasteiger partial charge in [0.2, 0.25) is 0 Å². The lowest BCUT2D eigenvalue weighted by Crippen LogP contribution is -2.41. The van der Waals surface area contributed by atoms with E-state index in [1.54, 1.807) is 0 Å². The van der Waals surface area contributed by atoms with Crippen LogP contribution in [0.25, 0.3) is 0 Å². The van der Waals surface area contributed by atoms with Crippen molar-refractivity contribution in [2.75, 3.05) is 18.0 Å². The van der Waals surface area contributed by atoms with E-state index in [-0.39, 0.29) is 18.3 Å². The number of nitrogens with zero attached hydrogens (tertiary/aromatic N) is 2. The quantitative estimate of drug-likeness (QED) is 0.753. The highest BCUT2D eigenvalue weighted by molar-refractivity contribution is 9.10. The molecule has 0 aromatic carbocycles. The first-order valence-electron chi connectivity index (χ1n) is 8.06. The fraction of sp³-hybridized carbons (Fsp3) is 0.688. The van der Waals surface area contributed by atoms with Gasteiger partial charge >= 0.3 is 7.12 Å². The highest BCUT2D eigenvalue weighted by Crippen LogP contribution is 2.37. The molecule has 3 rings (SSSR count). The van der Waals surface area contributed by atoms with E-state index in [9.17, 15) is 0 Å². The molecule has 0 radical (unpaired) electrons. The number of piperidine rings is 1. The van der Waals surface area contributed by atoms with Gasteiger partial charge in [-0.05, 0) is 69.0 Å². The molecule has 0 aliphatic carbocycles. The molecular weight excluding hydrogens is 343 g/mol. The van der Waals surface area contributed by atoms with E-state index in [2.05, 4.69) is 59.6 Å². The van der Waals surface area contributed by atoms with Crippen molar-refractivity contribution in [2.24, 2.45) is 0 Å². The third kappa shape index (κ3) is 2.93. The van der Waals surface area contributed by atoms with Gasteiger partial charge in [-0.25, -0.2) is 4.98 Å². The largest absolute Gasteiger partial charge is 0.496 e. The van der Waals surface area contributed by atoms with Gasteiger partial charge in [-0.2, -0.15) is 0 Å². The van der Waals surface area contributed by atoms with Gasteiger partial charge < -0.3 is 14.2 Å². The normalized spacial score (nSPS) is 23.9. The Kier molecular flexibility index (Phi) is 4.29. The lowest BCUT2D eigenvalue weighted by Gasteiger charge is -2.32. The zero-order chi connectivity index (χ0) is 16.0. The molecule has 4 nitrogen and oxygen atoms in total. The van der Waals surface area contributed by atoms with E-state index in [4.69, 9.17) is 9.31 Å². The van der Waals surface area contributed by atoms with E-state index in [1.165, 1.54) is 19.3 Å². The Labute approximate surface area is 141 Å². The standard InChI is InChI=1S/C16H24BBrN2O2/c1-15(2)16(3,4)22-17(21-15)12-10-13(18)14(19-11-12)20-8-6-5-7-9-20/h10-11H,5-9H2,1-4H3. The van der Waals surface area contributed by atoms with Crippen LogP contribution in [-0.4, -0.2) is 36.4 Å². The Morgan fingerprint density at radius 3 is 2.23 bits per heavy atom. The predicted molar refractivity (Wildman–Crippen MR) is 93.7 cm³/mol. The van der Waals surface area contributed by atoms with Crippen molar-refractivity contribution < 1.29 is 9.31 Å². The summed E-state index contributed by atoms with van der Waals surface area (Å²) in [6.45, 7) is 10.4. The number of hydrogen-bond acceptors (Lipinski definition) is 4. The molecule has 0 spiro atoms. The maximum absolute atomic E-state index is 6.09. The molecule has 2 fully saturated rings. The molecule has 2 aliphatic rings. The van der Waals surface area contributed by atoms with Gasteiger partial charge in [-0.15, -0.1) is 0 Å². The van der Waals surface area contributed by atoms with Crippen molar-refractivity contribution in [3.8, 4) is 0 Å². The highest BCUT2D eigenvalue weighted by atomic mass is 79.9. The first-order valence-corrected chi connectivity index (χ1v) is 8.85. The van der Waals surface area contributed by atoms with E-state index >= 15 is 0 Å². The number of pyridine rings is 1. The molecule has 1 aromatic heterocycles. The summed E-state index contributed by atoms with van der Waals surface area (Å²) in [5, 5.41) is 0. The number of aromatic nitrogens is 1. The zero-order valence-electron chi connectivity index (χ0n) is 13.9. The van der Waals surface area contributed by atoms with E-state index in [0.29, 0.717) is 0 Å². The Hall–Kier alpha value is -0.585. The molecule has 2 aliphatic heterocycles. The molecule has 0 atom stereocenters. The molecule has 2 saturated heterocycles. The van der Waals surface area contributed by atoms with Crippen LogP contribution < -0.4 is 10.4 Å². The highest BCUT2D eigenvalue weighted by Gasteiger charge is 2.51. The van der Waals surface area contributed by atoms with Crippen molar-refractivity contribution in [1.29, 1.82) is 0 Å². The second-order valence-corrected chi connectivity index (χ2v) is 8.06. The lowest BCUT2D eigenvalue weighted by atomic mass is 9.80. The monoisotopic (exact) mass is 366 g/mol. The van der Waals surface area contributed by atoms with Crippen LogP contribution in [-0.2, 0) is 9.31 Å². The van der Waals surface area contributed by atoms with Crippen molar-refractivity contribution in [3.05, 3.63) is 16.7 Å². The number of rotatable bonds is 2. The predicted octanol–water partition coefficient (Wildman–Crippen LogP) is 3.13. The second-order valence-electron chi connectivity index (χ2n) is 7.21. The minimum Gasteiger partial charge on any atom is -0.399 e. The van der Waals surface area contributed by atoms with Crippen molar-refractivity contribution in [2.45, 2.75) is 58.2 Å². The Morgan fingerprint density at radius 2 is 1.68 bits per heavy atom.